The number of hydrogen-bond acceptors (Lipinski definition) is 3. The van der Waals surface area contributed by atoms with Gasteiger partial charge in [-0.2, -0.15) is 0 Å². The predicted octanol–water partition coefficient (Wildman–Crippen LogP) is 1.87. The average molecular weight is 296 g/mol. The molecule has 2 N–H and O–H groups in total. The third kappa shape index (κ3) is 4.99. The Bertz CT molecular complexity index is 382. The zero-order valence-electron chi connectivity index (χ0n) is 13.2. The molecule has 0 spiro atoms. The molecular formula is C16H28N2O3. The van der Waals surface area contributed by atoms with Crippen molar-refractivity contribution in [2.45, 2.75) is 64.5 Å². The number of aliphatic carboxylic acids is 1. The SMILES string of the molecule is CC1CCCC(NC(=O)CN(CCC(=O)O)C2CC2)C1C. The zero-order valence-corrected chi connectivity index (χ0v) is 13.2. The molecule has 1 amide bonds. The third-order valence-corrected chi connectivity index (χ3v) is 5.08. The normalized spacial score (nSPS) is 29.4. The molecule has 5 nitrogen and oxygen atoms in total. The Labute approximate surface area is 127 Å². The maximum atomic E-state index is 12.3. The lowest BCUT2D eigenvalue weighted by Crippen LogP contribution is -2.48. The van der Waals surface area contributed by atoms with Crippen LogP contribution in [0.4, 0.5) is 0 Å². The first-order valence-corrected chi connectivity index (χ1v) is 8.22. The van der Waals surface area contributed by atoms with Crippen LogP contribution in [0.1, 0.15) is 52.4 Å². The van der Waals surface area contributed by atoms with E-state index in [1.807, 2.05) is 4.90 Å². The zero-order chi connectivity index (χ0) is 15.4. The Morgan fingerprint density at radius 3 is 2.52 bits per heavy atom. The van der Waals surface area contributed by atoms with Gasteiger partial charge in [-0.3, -0.25) is 14.5 Å². The van der Waals surface area contributed by atoms with Crippen LogP contribution in [0.2, 0.25) is 0 Å². The number of nitrogens with zero attached hydrogens (tertiary/aromatic N) is 1. The number of amides is 1. The lowest BCUT2D eigenvalue weighted by atomic mass is 9.78. The summed E-state index contributed by atoms with van der Waals surface area (Å²) in [6.07, 6.45) is 5.78. The molecule has 0 aromatic heterocycles. The topological polar surface area (TPSA) is 69.6 Å². The van der Waals surface area contributed by atoms with E-state index in [0.717, 1.165) is 19.3 Å². The molecular weight excluding hydrogens is 268 g/mol. The van der Waals surface area contributed by atoms with E-state index >= 15 is 0 Å². The highest BCUT2D eigenvalue weighted by molar-refractivity contribution is 5.78. The Morgan fingerprint density at radius 1 is 1.19 bits per heavy atom. The summed E-state index contributed by atoms with van der Waals surface area (Å²) in [7, 11) is 0. The summed E-state index contributed by atoms with van der Waals surface area (Å²) in [5.74, 6) is 0.445. The average Bonchev–Trinajstić information content (AvgIpc) is 3.24. The summed E-state index contributed by atoms with van der Waals surface area (Å²) in [6, 6.07) is 0.694. The summed E-state index contributed by atoms with van der Waals surface area (Å²) < 4.78 is 0. The van der Waals surface area contributed by atoms with Crippen molar-refractivity contribution in [2.75, 3.05) is 13.1 Å². The molecule has 5 heteroatoms. The lowest BCUT2D eigenvalue weighted by Gasteiger charge is -2.35. The van der Waals surface area contributed by atoms with Crippen molar-refractivity contribution < 1.29 is 14.7 Å². The molecule has 2 rings (SSSR count). The largest absolute Gasteiger partial charge is 0.481 e. The fourth-order valence-electron chi connectivity index (χ4n) is 3.29. The molecule has 0 heterocycles. The highest BCUT2D eigenvalue weighted by Crippen LogP contribution is 2.30. The van der Waals surface area contributed by atoms with Crippen LogP contribution in [0.5, 0.6) is 0 Å². The van der Waals surface area contributed by atoms with E-state index in [-0.39, 0.29) is 18.4 Å². The van der Waals surface area contributed by atoms with Gasteiger partial charge >= 0.3 is 5.97 Å². The van der Waals surface area contributed by atoms with Crippen LogP contribution in [0.25, 0.3) is 0 Å². The minimum absolute atomic E-state index is 0.0539. The van der Waals surface area contributed by atoms with E-state index in [0.29, 0.717) is 31.0 Å². The molecule has 3 unspecified atom stereocenters. The van der Waals surface area contributed by atoms with Crippen molar-refractivity contribution >= 4 is 11.9 Å². The number of nitrogens with one attached hydrogen (secondary N) is 1. The molecule has 0 radical (unpaired) electrons. The summed E-state index contributed by atoms with van der Waals surface area (Å²) in [6.45, 7) is 5.30. The van der Waals surface area contributed by atoms with Gasteiger partial charge in [-0.25, -0.2) is 0 Å². The number of rotatable bonds is 7. The minimum Gasteiger partial charge on any atom is -0.481 e. The van der Waals surface area contributed by atoms with E-state index in [2.05, 4.69) is 19.2 Å². The highest BCUT2D eigenvalue weighted by atomic mass is 16.4. The van der Waals surface area contributed by atoms with Gasteiger partial charge < -0.3 is 10.4 Å². The van der Waals surface area contributed by atoms with Crippen LogP contribution in [-0.2, 0) is 9.59 Å². The molecule has 120 valence electrons. The molecule has 0 aliphatic heterocycles. The number of carboxylic acids is 1. The fourth-order valence-corrected chi connectivity index (χ4v) is 3.29. The first-order valence-electron chi connectivity index (χ1n) is 8.22. The summed E-state index contributed by atoms with van der Waals surface area (Å²) in [5.41, 5.74) is 0. The molecule has 21 heavy (non-hydrogen) atoms. The molecule has 0 bridgehead atoms. The van der Waals surface area contributed by atoms with Crippen molar-refractivity contribution in [3.8, 4) is 0 Å². The van der Waals surface area contributed by atoms with Gasteiger partial charge in [-0.1, -0.05) is 26.7 Å². The quantitative estimate of drug-likeness (QED) is 0.752. The van der Waals surface area contributed by atoms with Crippen molar-refractivity contribution in [3.63, 3.8) is 0 Å². The van der Waals surface area contributed by atoms with Gasteiger partial charge in [0, 0.05) is 18.6 Å². The van der Waals surface area contributed by atoms with Gasteiger partial charge in [0.2, 0.25) is 5.91 Å². The molecule has 0 aromatic carbocycles. The van der Waals surface area contributed by atoms with Crippen LogP contribution < -0.4 is 5.32 Å². The number of hydrogen-bond donors (Lipinski definition) is 2. The van der Waals surface area contributed by atoms with Crippen LogP contribution in [0.15, 0.2) is 0 Å². The Balaban J connectivity index is 1.80. The number of carbonyl (C=O) groups excluding carboxylic acids is 1. The van der Waals surface area contributed by atoms with Gasteiger partial charge in [0.05, 0.1) is 13.0 Å². The standard InChI is InChI=1S/C16H28N2O3/c1-11-4-3-5-14(12(11)2)17-15(19)10-18(13-6-7-13)9-8-16(20)21/h11-14H,3-10H2,1-2H3,(H,17,19)(H,20,21). The van der Waals surface area contributed by atoms with Crippen molar-refractivity contribution in [1.29, 1.82) is 0 Å². The van der Waals surface area contributed by atoms with E-state index in [1.54, 1.807) is 0 Å². The monoisotopic (exact) mass is 296 g/mol. The second-order valence-electron chi connectivity index (χ2n) is 6.79. The lowest BCUT2D eigenvalue weighted by molar-refractivity contribution is -0.138. The van der Waals surface area contributed by atoms with E-state index < -0.39 is 5.97 Å². The maximum absolute atomic E-state index is 12.3. The Morgan fingerprint density at radius 2 is 1.90 bits per heavy atom. The second kappa shape index (κ2) is 7.25. The van der Waals surface area contributed by atoms with Crippen LogP contribution in [-0.4, -0.2) is 47.1 Å². The summed E-state index contributed by atoms with van der Waals surface area (Å²) in [4.78, 5) is 25.0. The highest BCUT2D eigenvalue weighted by Gasteiger charge is 2.32. The first-order chi connectivity index (χ1) is 9.97. The van der Waals surface area contributed by atoms with E-state index in [4.69, 9.17) is 5.11 Å². The number of carboxylic acid groups (broad SMARTS) is 1. The van der Waals surface area contributed by atoms with Crippen molar-refractivity contribution in [2.24, 2.45) is 11.8 Å². The molecule has 2 fully saturated rings. The summed E-state index contributed by atoms with van der Waals surface area (Å²) in [5, 5.41) is 12.0. The minimum atomic E-state index is -0.796. The molecule has 2 aliphatic rings. The van der Waals surface area contributed by atoms with E-state index in [9.17, 15) is 9.59 Å². The second-order valence-corrected chi connectivity index (χ2v) is 6.79. The van der Waals surface area contributed by atoms with Crippen LogP contribution in [0.3, 0.4) is 0 Å². The summed E-state index contributed by atoms with van der Waals surface area (Å²) >= 11 is 0. The number of carbonyl (C=O) groups is 2. The van der Waals surface area contributed by atoms with Gasteiger partial charge in [0.15, 0.2) is 0 Å². The smallest absolute Gasteiger partial charge is 0.304 e. The van der Waals surface area contributed by atoms with Gasteiger partial charge in [-0.05, 0) is 31.1 Å². The fraction of sp³-hybridized carbons (Fsp3) is 0.875. The molecule has 2 aliphatic carbocycles. The Hall–Kier alpha value is -1.10. The molecule has 2 saturated carbocycles. The molecule has 0 aromatic rings. The predicted molar refractivity (Wildman–Crippen MR) is 81.0 cm³/mol. The van der Waals surface area contributed by atoms with Crippen molar-refractivity contribution in [3.05, 3.63) is 0 Å². The Kier molecular flexibility index (Phi) is 5.62. The van der Waals surface area contributed by atoms with Crippen LogP contribution in [0, 0.1) is 11.8 Å². The molecule has 3 atom stereocenters. The first kappa shape index (κ1) is 16.3. The third-order valence-electron chi connectivity index (χ3n) is 5.08. The van der Waals surface area contributed by atoms with Gasteiger partial charge in [0.25, 0.3) is 0 Å². The van der Waals surface area contributed by atoms with Gasteiger partial charge in [0.1, 0.15) is 0 Å². The van der Waals surface area contributed by atoms with E-state index in [1.165, 1.54) is 12.8 Å². The van der Waals surface area contributed by atoms with Crippen LogP contribution >= 0.6 is 0 Å². The van der Waals surface area contributed by atoms with Gasteiger partial charge in [-0.15, -0.1) is 0 Å². The molecule has 0 saturated heterocycles. The maximum Gasteiger partial charge on any atom is 0.304 e. The van der Waals surface area contributed by atoms with Crippen molar-refractivity contribution in [1.82, 2.24) is 10.2 Å².